The van der Waals surface area contributed by atoms with Gasteiger partial charge in [-0.15, -0.1) is 0 Å². The molecule has 0 bridgehead atoms. The summed E-state index contributed by atoms with van der Waals surface area (Å²) in [4.78, 5) is 28.2. The number of hydrogen-bond acceptors (Lipinski definition) is 5. The molecule has 3 aromatic rings. The van der Waals surface area contributed by atoms with Gasteiger partial charge in [0.2, 0.25) is 0 Å². The van der Waals surface area contributed by atoms with Gasteiger partial charge in [0.1, 0.15) is 11.0 Å². The second-order valence-electron chi connectivity index (χ2n) is 4.19. The zero-order valence-corrected chi connectivity index (χ0v) is 10.8. The molecular formula is C15H11NO4. The number of benzene rings is 1. The number of ether oxygens (including phenoxy) is 1. The molecule has 0 unspecified atom stereocenters. The molecule has 0 saturated heterocycles. The molecule has 5 heteroatoms. The Morgan fingerprint density at radius 3 is 2.90 bits per heavy atom. The van der Waals surface area contributed by atoms with Crippen molar-refractivity contribution < 1.29 is 13.9 Å². The lowest BCUT2D eigenvalue weighted by Gasteiger charge is -2.06. The number of fused-ring (bicyclic) bond motifs is 3. The Labute approximate surface area is 113 Å². The van der Waals surface area contributed by atoms with Crippen LogP contribution in [0.2, 0.25) is 0 Å². The van der Waals surface area contributed by atoms with Crippen molar-refractivity contribution in [3.05, 3.63) is 52.5 Å². The molecule has 100 valence electrons. The number of carbonyl (C=O) groups excluding carboxylic acids is 1. The van der Waals surface area contributed by atoms with Crippen LogP contribution in [0.4, 0.5) is 0 Å². The highest BCUT2D eigenvalue weighted by Crippen LogP contribution is 2.23. The summed E-state index contributed by atoms with van der Waals surface area (Å²) < 4.78 is 10.2. The van der Waals surface area contributed by atoms with E-state index in [4.69, 9.17) is 9.15 Å². The van der Waals surface area contributed by atoms with Crippen molar-refractivity contribution in [2.45, 2.75) is 6.92 Å². The average molecular weight is 269 g/mol. The van der Waals surface area contributed by atoms with E-state index in [0.717, 1.165) is 0 Å². The molecule has 0 aliphatic heterocycles. The molecule has 5 nitrogen and oxygen atoms in total. The van der Waals surface area contributed by atoms with E-state index < -0.39 is 11.6 Å². The van der Waals surface area contributed by atoms with E-state index in [0.29, 0.717) is 16.5 Å². The minimum Gasteiger partial charge on any atom is -0.462 e. The highest BCUT2D eigenvalue weighted by atomic mass is 16.5. The van der Waals surface area contributed by atoms with E-state index in [1.54, 1.807) is 25.1 Å². The number of esters is 1. The minimum absolute atomic E-state index is 0.157. The standard InChI is InChI=1S/C15H11NO4/c1-2-19-14(17)10-7-8-16-13-9-5-3-4-6-11(9)20-15(18)12(10)13/h3-8H,2H2,1H3. The third kappa shape index (κ3) is 1.84. The Morgan fingerprint density at radius 2 is 2.10 bits per heavy atom. The maximum atomic E-state index is 12.1. The average Bonchev–Trinajstić information content (AvgIpc) is 2.47. The van der Waals surface area contributed by atoms with Gasteiger partial charge in [-0.1, -0.05) is 12.1 Å². The fourth-order valence-electron chi connectivity index (χ4n) is 2.15. The van der Waals surface area contributed by atoms with Crippen LogP contribution >= 0.6 is 0 Å². The van der Waals surface area contributed by atoms with Crippen molar-refractivity contribution in [1.29, 1.82) is 0 Å². The van der Waals surface area contributed by atoms with Crippen LogP contribution in [0.3, 0.4) is 0 Å². The van der Waals surface area contributed by atoms with Crippen LogP contribution in [0.15, 0.2) is 45.7 Å². The number of hydrogen-bond donors (Lipinski definition) is 0. The minimum atomic E-state index is -0.588. The summed E-state index contributed by atoms with van der Waals surface area (Å²) >= 11 is 0. The third-order valence-corrected chi connectivity index (χ3v) is 3.00. The van der Waals surface area contributed by atoms with Crippen LogP contribution in [0.1, 0.15) is 17.3 Å². The molecule has 0 aliphatic rings. The molecule has 0 spiro atoms. The first-order valence-corrected chi connectivity index (χ1v) is 6.20. The Morgan fingerprint density at radius 1 is 1.30 bits per heavy atom. The van der Waals surface area contributed by atoms with Crippen molar-refractivity contribution in [2.75, 3.05) is 6.61 Å². The molecule has 0 atom stereocenters. The first kappa shape index (κ1) is 12.3. The first-order chi connectivity index (χ1) is 9.72. The summed E-state index contributed by atoms with van der Waals surface area (Å²) in [5, 5.41) is 0.845. The van der Waals surface area contributed by atoms with Crippen LogP contribution < -0.4 is 5.63 Å². The van der Waals surface area contributed by atoms with Crippen LogP contribution in [0.5, 0.6) is 0 Å². The van der Waals surface area contributed by atoms with Crippen molar-refractivity contribution >= 4 is 27.8 Å². The lowest BCUT2D eigenvalue weighted by atomic mass is 10.1. The van der Waals surface area contributed by atoms with Gasteiger partial charge in [-0.2, -0.15) is 0 Å². The molecule has 0 amide bonds. The van der Waals surface area contributed by atoms with E-state index in [2.05, 4.69) is 4.98 Å². The van der Waals surface area contributed by atoms with Crippen LogP contribution in [-0.4, -0.2) is 17.6 Å². The lowest BCUT2D eigenvalue weighted by molar-refractivity contribution is 0.0528. The Bertz CT molecular complexity index is 867. The summed E-state index contributed by atoms with van der Waals surface area (Å²) in [5.41, 5.74) is 0.479. The second kappa shape index (κ2) is 4.77. The molecule has 0 radical (unpaired) electrons. The summed E-state index contributed by atoms with van der Waals surface area (Å²) in [5.74, 6) is -0.553. The molecular weight excluding hydrogens is 258 g/mol. The van der Waals surface area contributed by atoms with Crippen LogP contribution in [0.25, 0.3) is 21.9 Å². The van der Waals surface area contributed by atoms with Crippen molar-refractivity contribution in [3.63, 3.8) is 0 Å². The van der Waals surface area contributed by atoms with Gasteiger partial charge in [0.25, 0.3) is 0 Å². The van der Waals surface area contributed by atoms with Crippen molar-refractivity contribution in [3.8, 4) is 0 Å². The predicted octanol–water partition coefficient (Wildman–Crippen LogP) is 2.52. The second-order valence-corrected chi connectivity index (χ2v) is 4.19. The highest BCUT2D eigenvalue weighted by molar-refractivity contribution is 6.10. The molecule has 0 saturated carbocycles. The number of pyridine rings is 1. The Balaban J connectivity index is 2.43. The van der Waals surface area contributed by atoms with Crippen molar-refractivity contribution in [1.82, 2.24) is 4.98 Å². The zero-order chi connectivity index (χ0) is 14.1. The lowest BCUT2D eigenvalue weighted by Crippen LogP contribution is -2.11. The van der Waals surface area contributed by atoms with Gasteiger partial charge in [0.05, 0.1) is 17.7 Å². The van der Waals surface area contributed by atoms with Crippen molar-refractivity contribution in [2.24, 2.45) is 0 Å². The van der Waals surface area contributed by atoms with Crippen LogP contribution in [-0.2, 0) is 4.74 Å². The van der Waals surface area contributed by atoms with Gasteiger partial charge in [-0.25, -0.2) is 9.59 Å². The molecule has 20 heavy (non-hydrogen) atoms. The zero-order valence-electron chi connectivity index (χ0n) is 10.8. The number of carbonyl (C=O) groups is 1. The SMILES string of the molecule is CCOC(=O)c1ccnc2c1c(=O)oc1ccccc12. The third-order valence-electron chi connectivity index (χ3n) is 3.00. The Kier molecular flexibility index (Phi) is 2.95. The largest absolute Gasteiger partial charge is 0.462 e. The maximum Gasteiger partial charge on any atom is 0.346 e. The normalized spacial score (nSPS) is 10.8. The van der Waals surface area contributed by atoms with Gasteiger partial charge < -0.3 is 9.15 Å². The van der Waals surface area contributed by atoms with Gasteiger partial charge in [-0.05, 0) is 25.1 Å². The van der Waals surface area contributed by atoms with E-state index in [1.807, 2.05) is 6.07 Å². The molecule has 3 rings (SSSR count). The summed E-state index contributed by atoms with van der Waals surface area (Å²) in [6.07, 6.45) is 1.49. The quantitative estimate of drug-likeness (QED) is 0.406. The summed E-state index contributed by atoms with van der Waals surface area (Å²) in [7, 11) is 0. The molecule has 2 heterocycles. The molecule has 0 N–H and O–H groups in total. The topological polar surface area (TPSA) is 69.4 Å². The van der Waals surface area contributed by atoms with E-state index in [1.165, 1.54) is 12.3 Å². The van der Waals surface area contributed by atoms with Gasteiger partial charge in [0, 0.05) is 11.6 Å². The number of aromatic nitrogens is 1. The van der Waals surface area contributed by atoms with Gasteiger partial charge >= 0.3 is 11.6 Å². The number of nitrogens with zero attached hydrogens (tertiary/aromatic N) is 1. The van der Waals surface area contributed by atoms with Gasteiger partial charge in [-0.3, -0.25) is 4.98 Å². The first-order valence-electron chi connectivity index (χ1n) is 6.20. The molecule has 0 fully saturated rings. The van der Waals surface area contributed by atoms with E-state index in [-0.39, 0.29) is 17.6 Å². The molecule has 2 aromatic heterocycles. The highest BCUT2D eigenvalue weighted by Gasteiger charge is 2.17. The smallest absolute Gasteiger partial charge is 0.346 e. The van der Waals surface area contributed by atoms with Gasteiger partial charge in [0.15, 0.2) is 0 Å². The number of rotatable bonds is 2. The summed E-state index contributed by atoms with van der Waals surface area (Å²) in [6, 6.07) is 8.54. The fraction of sp³-hybridized carbons (Fsp3) is 0.133. The predicted molar refractivity (Wildman–Crippen MR) is 73.7 cm³/mol. The van der Waals surface area contributed by atoms with E-state index in [9.17, 15) is 9.59 Å². The van der Waals surface area contributed by atoms with Crippen LogP contribution in [0, 0.1) is 0 Å². The fourth-order valence-corrected chi connectivity index (χ4v) is 2.15. The molecule has 1 aromatic carbocycles. The Hall–Kier alpha value is -2.69. The molecule has 0 aliphatic carbocycles. The maximum absolute atomic E-state index is 12.1. The monoisotopic (exact) mass is 269 g/mol. The van der Waals surface area contributed by atoms with E-state index >= 15 is 0 Å². The summed E-state index contributed by atoms with van der Waals surface area (Å²) in [6.45, 7) is 1.95. The number of para-hydroxylation sites is 1.